The fourth-order valence-corrected chi connectivity index (χ4v) is 1.98. The average Bonchev–Trinajstić information content (AvgIpc) is 3.11. The normalized spacial score (nSPS) is 22.7. The van der Waals surface area contributed by atoms with Gasteiger partial charge in [-0.1, -0.05) is 0 Å². The van der Waals surface area contributed by atoms with Crippen LogP contribution in [0.2, 0.25) is 0 Å². The van der Waals surface area contributed by atoms with E-state index in [1.54, 1.807) is 4.90 Å². The van der Waals surface area contributed by atoms with E-state index in [4.69, 9.17) is 9.84 Å². The summed E-state index contributed by atoms with van der Waals surface area (Å²) in [5.74, 6) is -0.827. The van der Waals surface area contributed by atoms with E-state index in [9.17, 15) is 9.59 Å². The second kappa shape index (κ2) is 5.35. The van der Waals surface area contributed by atoms with Crippen molar-refractivity contribution in [3.05, 3.63) is 0 Å². The number of carbonyl (C=O) groups excluding carboxylic acids is 1. The summed E-state index contributed by atoms with van der Waals surface area (Å²) in [6.45, 7) is 2.34. The van der Waals surface area contributed by atoms with Gasteiger partial charge in [-0.2, -0.15) is 0 Å². The summed E-state index contributed by atoms with van der Waals surface area (Å²) in [6.07, 6.45) is 2.58. The minimum Gasteiger partial charge on any atom is -0.480 e. The highest BCUT2D eigenvalue weighted by molar-refractivity contribution is 5.83. The van der Waals surface area contributed by atoms with Crippen LogP contribution in [0.25, 0.3) is 0 Å². The lowest BCUT2D eigenvalue weighted by Crippen LogP contribution is -2.49. The first-order chi connectivity index (χ1) is 8.18. The van der Waals surface area contributed by atoms with Crippen LogP contribution in [0, 0.1) is 5.92 Å². The summed E-state index contributed by atoms with van der Waals surface area (Å²) in [7, 11) is 0. The van der Waals surface area contributed by atoms with Crippen molar-refractivity contribution >= 4 is 12.0 Å². The minimum atomic E-state index is -0.938. The molecule has 1 heterocycles. The molecular formula is C11H18N2O4. The lowest BCUT2D eigenvalue weighted by atomic mass is 10.2. The van der Waals surface area contributed by atoms with Crippen LogP contribution in [0.15, 0.2) is 0 Å². The number of nitrogens with zero attached hydrogens (tertiary/aromatic N) is 1. The number of nitrogens with one attached hydrogen (secondary N) is 1. The van der Waals surface area contributed by atoms with Gasteiger partial charge in [0.05, 0.1) is 6.61 Å². The Labute approximate surface area is 99.9 Å². The van der Waals surface area contributed by atoms with Gasteiger partial charge in [-0.25, -0.2) is 9.59 Å². The van der Waals surface area contributed by atoms with Gasteiger partial charge in [-0.15, -0.1) is 0 Å². The highest BCUT2D eigenvalue weighted by atomic mass is 16.5. The third-order valence-corrected chi connectivity index (χ3v) is 3.15. The Morgan fingerprint density at radius 3 is 2.71 bits per heavy atom. The number of carbonyl (C=O) groups is 2. The highest BCUT2D eigenvalue weighted by Gasteiger charge is 2.38. The lowest BCUT2D eigenvalue weighted by Gasteiger charge is -2.23. The van der Waals surface area contributed by atoms with E-state index in [2.05, 4.69) is 5.32 Å². The number of carboxylic acids is 1. The summed E-state index contributed by atoms with van der Waals surface area (Å²) >= 11 is 0. The predicted octanol–water partition coefficient (Wildman–Crippen LogP) is 0.281. The summed E-state index contributed by atoms with van der Waals surface area (Å²) < 4.78 is 5.25. The Balaban J connectivity index is 1.87. The fraction of sp³-hybridized carbons (Fsp3) is 0.818. The third kappa shape index (κ3) is 3.33. The molecule has 2 rings (SSSR count). The van der Waals surface area contributed by atoms with Gasteiger partial charge in [-0.05, 0) is 25.2 Å². The van der Waals surface area contributed by atoms with Gasteiger partial charge >= 0.3 is 12.0 Å². The van der Waals surface area contributed by atoms with Crippen LogP contribution in [0.3, 0.4) is 0 Å². The summed E-state index contributed by atoms with van der Waals surface area (Å²) in [5, 5.41) is 11.6. The number of hydrogen-bond acceptors (Lipinski definition) is 3. The smallest absolute Gasteiger partial charge is 0.326 e. The number of ether oxygens (including phenoxy) is 1. The Morgan fingerprint density at radius 2 is 2.06 bits per heavy atom. The van der Waals surface area contributed by atoms with Crippen LogP contribution in [0.1, 0.15) is 19.3 Å². The zero-order chi connectivity index (χ0) is 12.3. The van der Waals surface area contributed by atoms with Crippen LogP contribution < -0.4 is 5.32 Å². The zero-order valence-corrected chi connectivity index (χ0v) is 9.72. The van der Waals surface area contributed by atoms with E-state index >= 15 is 0 Å². The van der Waals surface area contributed by atoms with Gasteiger partial charge in [0.1, 0.15) is 6.04 Å². The number of rotatable bonds is 3. The molecule has 0 bridgehead atoms. The van der Waals surface area contributed by atoms with Crippen molar-refractivity contribution in [2.45, 2.75) is 25.3 Å². The van der Waals surface area contributed by atoms with E-state index in [1.807, 2.05) is 0 Å². The van der Waals surface area contributed by atoms with Gasteiger partial charge in [0.25, 0.3) is 0 Å². The van der Waals surface area contributed by atoms with Gasteiger partial charge in [0, 0.05) is 19.7 Å². The highest BCUT2D eigenvalue weighted by Crippen LogP contribution is 2.32. The molecule has 0 spiro atoms. The van der Waals surface area contributed by atoms with Crippen molar-refractivity contribution in [1.82, 2.24) is 10.2 Å². The second-order valence-electron chi connectivity index (χ2n) is 4.56. The Morgan fingerprint density at radius 1 is 1.29 bits per heavy atom. The van der Waals surface area contributed by atoms with Crippen molar-refractivity contribution in [2.75, 3.05) is 26.3 Å². The van der Waals surface area contributed by atoms with Crippen LogP contribution in [0.4, 0.5) is 4.79 Å². The van der Waals surface area contributed by atoms with Crippen molar-refractivity contribution in [3.8, 4) is 0 Å². The van der Waals surface area contributed by atoms with Crippen molar-refractivity contribution in [3.63, 3.8) is 0 Å². The largest absolute Gasteiger partial charge is 0.480 e. The molecule has 0 aromatic carbocycles. The molecule has 2 amide bonds. The molecule has 2 aliphatic rings. The number of hydrogen-bond donors (Lipinski definition) is 2. The molecule has 1 aliphatic heterocycles. The molecule has 1 unspecified atom stereocenters. The molecule has 2 fully saturated rings. The molecule has 17 heavy (non-hydrogen) atoms. The molecule has 0 aromatic heterocycles. The number of urea groups is 1. The molecule has 6 nitrogen and oxygen atoms in total. The first-order valence-corrected chi connectivity index (χ1v) is 6.04. The Hall–Kier alpha value is -1.30. The van der Waals surface area contributed by atoms with Crippen molar-refractivity contribution in [2.24, 2.45) is 5.92 Å². The maximum absolute atomic E-state index is 11.9. The number of amides is 2. The summed E-state index contributed by atoms with van der Waals surface area (Å²) in [6, 6.07) is -1.01. The van der Waals surface area contributed by atoms with Crippen LogP contribution in [-0.2, 0) is 9.53 Å². The van der Waals surface area contributed by atoms with E-state index in [1.165, 1.54) is 0 Å². The SMILES string of the molecule is O=C(O)C(NC(=O)N1CCCOCC1)C1CC1. The minimum absolute atomic E-state index is 0.111. The monoisotopic (exact) mass is 242 g/mol. The predicted molar refractivity (Wildman–Crippen MR) is 59.7 cm³/mol. The number of aliphatic carboxylic acids is 1. The van der Waals surface area contributed by atoms with Crippen LogP contribution >= 0.6 is 0 Å². The van der Waals surface area contributed by atoms with Crippen molar-refractivity contribution < 1.29 is 19.4 Å². The molecule has 96 valence electrons. The first kappa shape index (κ1) is 12.2. The van der Waals surface area contributed by atoms with Crippen LogP contribution in [0.5, 0.6) is 0 Å². The average molecular weight is 242 g/mol. The molecule has 1 aliphatic carbocycles. The van der Waals surface area contributed by atoms with Crippen LogP contribution in [-0.4, -0.2) is 54.4 Å². The topological polar surface area (TPSA) is 78.9 Å². The second-order valence-corrected chi connectivity index (χ2v) is 4.56. The quantitative estimate of drug-likeness (QED) is 0.745. The third-order valence-electron chi connectivity index (χ3n) is 3.15. The van der Waals surface area contributed by atoms with Gasteiger partial charge in [0.2, 0.25) is 0 Å². The Kier molecular flexibility index (Phi) is 3.83. The van der Waals surface area contributed by atoms with E-state index < -0.39 is 12.0 Å². The fourth-order valence-electron chi connectivity index (χ4n) is 1.98. The maximum Gasteiger partial charge on any atom is 0.326 e. The maximum atomic E-state index is 11.9. The molecule has 6 heteroatoms. The molecule has 0 aromatic rings. The Bertz CT molecular complexity index is 296. The standard InChI is InChI=1S/C11H18N2O4/c14-10(15)9(8-2-3-8)12-11(16)13-4-1-6-17-7-5-13/h8-9H,1-7H2,(H,12,16)(H,14,15). The number of carboxylic acid groups (broad SMARTS) is 1. The van der Waals surface area contributed by atoms with E-state index in [0.717, 1.165) is 19.3 Å². The zero-order valence-electron chi connectivity index (χ0n) is 9.72. The molecule has 1 saturated carbocycles. The summed E-state index contributed by atoms with van der Waals surface area (Å²) in [4.78, 5) is 24.5. The summed E-state index contributed by atoms with van der Waals surface area (Å²) in [5.41, 5.74) is 0. The molecular weight excluding hydrogens is 224 g/mol. The van der Waals surface area contributed by atoms with Gasteiger partial charge in [-0.3, -0.25) is 0 Å². The molecule has 1 atom stereocenters. The molecule has 2 N–H and O–H groups in total. The first-order valence-electron chi connectivity index (χ1n) is 6.04. The van der Waals surface area contributed by atoms with Gasteiger partial charge < -0.3 is 20.1 Å². The molecule has 0 radical (unpaired) electrons. The lowest BCUT2D eigenvalue weighted by molar-refractivity contribution is -0.139. The van der Waals surface area contributed by atoms with E-state index in [0.29, 0.717) is 26.3 Å². The molecule has 1 saturated heterocycles. The van der Waals surface area contributed by atoms with E-state index in [-0.39, 0.29) is 11.9 Å². The van der Waals surface area contributed by atoms with Gasteiger partial charge in [0.15, 0.2) is 0 Å². The van der Waals surface area contributed by atoms with Crippen molar-refractivity contribution in [1.29, 1.82) is 0 Å².